The minimum Gasteiger partial charge on any atom is -0.339 e. The van der Waals surface area contributed by atoms with E-state index in [1.807, 2.05) is 0 Å². The number of nitrogens with zero attached hydrogens (tertiary/aromatic N) is 2. The van der Waals surface area contributed by atoms with Crippen molar-refractivity contribution in [2.24, 2.45) is 0 Å². The first-order valence-electron chi connectivity index (χ1n) is 9.17. The second-order valence-electron chi connectivity index (χ2n) is 6.78. The van der Waals surface area contributed by atoms with Crippen molar-refractivity contribution in [3.05, 3.63) is 83.1 Å². The number of halogens is 4. The summed E-state index contributed by atoms with van der Waals surface area (Å²) in [5, 5.41) is 6.73. The van der Waals surface area contributed by atoms with Crippen LogP contribution in [0.25, 0.3) is 10.9 Å². The zero-order valence-corrected chi connectivity index (χ0v) is 19.0. The van der Waals surface area contributed by atoms with E-state index in [1.54, 1.807) is 19.3 Å². The highest BCUT2D eigenvalue weighted by atomic mass is 35.5. The first-order chi connectivity index (χ1) is 14.8. The van der Waals surface area contributed by atoms with Crippen LogP contribution in [0.2, 0.25) is 5.02 Å². The maximum Gasteiger partial charge on any atom is 0.268 e. The van der Waals surface area contributed by atoms with E-state index in [0.29, 0.717) is 34.5 Å². The predicted molar refractivity (Wildman–Crippen MR) is 123 cm³/mol. The second-order valence-corrected chi connectivity index (χ2v) is 9.00. The Morgan fingerprint density at radius 1 is 1.09 bits per heavy atom. The number of fused-ring (bicyclic) bond motifs is 1. The lowest BCUT2D eigenvalue weighted by atomic mass is 10.2. The maximum absolute atomic E-state index is 13.7. The molecule has 32 heavy (non-hydrogen) atoms. The molecule has 6 nitrogen and oxygen atoms in total. The average molecular weight is 499 g/mol. The van der Waals surface area contributed by atoms with Gasteiger partial charge in [0.25, 0.3) is 10.0 Å². The first kappa shape index (κ1) is 23.9. The lowest BCUT2D eigenvalue weighted by Crippen LogP contribution is -2.12. The molecule has 2 N–H and O–H groups in total. The van der Waals surface area contributed by atoms with Gasteiger partial charge in [0.15, 0.2) is 0 Å². The van der Waals surface area contributed by atoms with E-state index in [-0.39, 0.29) is 22.3 Å². The molecule has 11 heteroatoms. The number of nitrogens with one attached hydrogen (secondary N) is 2. The molecule has 0 atom stereocenters. The summed E-state index contributed by atoms with van der Waals surface area (Å²) >= 11 is 6.07. The van der Waals surface area contributed by atoms with Gasteiger partial charge in [0.2, 0.25) is 0 Å². The van der Waals surface area contributed by atoms with Gasteiger partial charge < -0.3 is 10.6 Å². The zero-order chi connectivity index (χ0) is 22.2. The Balaban J connectivity index is 0.00000289. The van der Waals surface area contributed by atoms with Crippen LogP contribution in [0.4, 0.5) is 20.3 Å². The molecule has 0 saturated carbocycles. The van der Waals surface area contributed by atoms with E-state index in [9.17, 15) is 17.2 Å². The van der Waals surface area contributed by atoms with Gasteiger partial charge in [-0.15, -0.1) is 12.4 Å². The Morgan fingerprint density at radius 3 is 2.53 bits per heavy atom. The largest absolute Gasteiger partial charge is 0.339 e. The Labute approximate surface area is 194 Å². The average Bonchev–Trinajstić information content (AvgIpc) is 3.09. The van der Waals surface area contributed by atoms with Crippen LogP contribution in [0.5, 0.6) is 0 Å². The molecule has 0 radical (unpaired) electrons. The molecule has 2 aromatic carbocycles. The first-order valence-corrected chi connectivity index (χ1v) is 11.0. The van der Waals surface area contributed by atoms with Crippen molar-refractivity contribution in [1.82, 2.24) is 14.3 Å². The summed E-state index contributed by atoms with van der Waals surface area (Å²) in [7, 11) is -2.33. The Kier molecular flexibility index (Phi) is 7.04. The zero-order valence-electron chi connectivity index (χ0n) is 16.6. The topological polar surface area (TPSA) is 76.0 Å². The van der Waals surface area contributed by atoms with Gasteiger partial charge in [-0.1, -0.05) is 17.7 Å². The number of aromatic nitrogens is 2. The highest BCUT2D eigenvalue weighted by Crippen LogP contribution is 2.30. The third-order valence-electron chi connectivity index (χ3n) is 4.65. The standard InChI is InChI=1S/C21H17ClF2N4O2S.ClH/c1-25-10-13-12-28(31(29,30)16-4-2-3-14(23)7-16)20-9-21(26-11-17(13)20)27-19-6-5-15(24)8-18(19)22;/h2-9,11-12,25H,10H2,1H3,(H,26,27);1H. The highest BCUT2D eigenvalue weighted by molar-refractivity contribution is 7.90. The quantitative estimate of drug-likeness (QED) is 0.387. The molecule has 0 aliphatic rings. The van der Waals surface area contributed by atoms with Gasteiger partial charge in [0.1, 0.15) is 17.5 Å². The molecular formula is C21H18Cl2F2N4O2S. The number of rotatable bonds is 6. The summed E-state index contributed by atoms with van der Waals surface area (Å²) in [6.45, 7) is 0.403. The fourth-order valence-corrected chi connectivity index (χ4v) is 4.85. The number of hydrogen-bond donors (Lipinski definition) is 2. The van der Waals surface area contributed by atoms with Crippen LogP contribution in [-0.4, -0.2) is 24.4 Å². The molecule has 168 valence electrons. The van der Waals surface area contributed by atoms with E-state index in [4.69, 9.17) is 11.6 Å². The normalized spacial score (nSPS) is 11.4. The molecule has 4 aromatic rings. The van der Waals surface area contributed by atoms with Gasteiger partial charge in [-0.25, -0.2) is 26.2 Å². The van der Waals surface area contributed by atoms with E-state index in [2.05, 4.69) is 15.6 Å². The Hall–Kier alpha value is -2.72. The van der Waals surface area contributed by atoms with E-state index in [1.165, 1.54) is 36.5 Å². The van der Waals surface area contributed by atoms with Crippen molar-refractivity contribution >= 4 is 56.4 Å². The minimum atomic E-state index is -4.07. The summed E-state index contributed by atoms with van der Waals surface area (Å²) in [5.41, 5.74) is 1.47. The molecule has 0 aliphatic heterocycles. The molecule has 0 amide bonds. The Bertz CT molecular complexity index is 1390. The van der Waals surface area contributed by atoms with Crippen molar-refractivity contribution in [3.63, 3.8) is 0 Å². The molecule has 0 spiro atoms. The van der Waals surface area contributed by atoms with E-state index in [0.717, 1.165) is 16.1 Å². The van der Waals surface area contributed by atoms with Gasteiger partial charge >= 0.3 is 0 Å². The van der Waals surface area contributed by atoms with Crippen LogP contribution in [0.3, 0.4) is 0 Å². The number of pyridine rings is 1. The third kappa shape index (κ3) is 4.56. The van der Waals surface area contributed by atoms with Crippen LogP contribution < -0.4 is 10.6 Å². The predicted octanol–water partition coefficient (Wildman–Crippen LogP) is 5.09. The number of hydrogen-bond acceptors (Lipinski definition) is 5. The molecule has 0 fully saturated rings. The number of anilines is 2. The van der Waals surface area contributed by atoms with Crippen molar-refractivity contribution in [1.29, 1.82) is 0 Å². The van der Waals surface area contributed by atoms with Gasteiger partial charge in [-0.2, -0.15) is 0 Å². The summed E-state index contributed by atoms with van der Waals surface area (Å²) in [6.07, 6.45) is 3.02. The summed E-state index contributed by atoms with van der Waals surface area (Å²) < 4.78 is 54.6. The van der Waals surface area contributed by atoms with Gasteiger partial charge in [0, 0.05) is 30.4 Å². The van der Waals surface area contributed by atoms with Crippen molar-refractivity contribution in [3.8, 4) is 0 Å². The highest BCUT2D eigenvalue weighted by Gasteiger charge is 2.22. The SMILES string of the molecule is CNCc1cn(S(=O)(=O)c2cccc(F)c2)c2cc(Nc3ccc(F)cc3Cl)ncc12.Cl. The van der Waals surface area contributed by atoms with Crippen LogP contribution in [-0.2, 0) is 16.6 Å². The van der Waals surface area contributed by atoms with Crippen LogP contribution in [0.1, 0.15) is 5.56 Å². The summed E-state index contributed by atoms with van der Waals surface area (Å²) in [4.78, 5) is 4.16. The lowest BCUT2D eigenvalue weighted by Gasteiger charge is -2.10. The molecule has 0 aliphatic carbocycles. The van der Waals surface area contributed by atoms with Gasteiger partial charge in [-0.3, -0.25) is 0 Å². The smallest absolute Gasteiger partial charge is 0.268 e. The van der Waals surface area contributed by atoms with Crippen molar-refractivity contribution < 1.29 is 17.2 Å². The molecular weight excluding hydrogens is 481 g/mol. The van der Waals surface area contributed by atoms with Crippen molar-refractivity contribution in [2.45, 2.75) is 11.4 Å². The van der Waals surface area contributed by atoms with E-state index >= 15 is 0 Å². The Morgan fingerprint density at radius 2 is 1.84 bits per heavy atom. The molecule has 4 rings (SSSR count). The van der Waals surface area contributed by atoms with E-state index < -0.39 is 21.7 Å². The fraction of sp³-hybridized carbons (Fsp3) is 0.0952. The molecule has 0 saturated heterocycles. The third-order valence-corrected chi connectivity index (χ3v) is 6.63. The van der Waals surface area contributed by atoms with Gasteiger partial charge in [-0.05, 0) is 49.0 Å². The fourth-order valence-electron chi connectivity index (χ4n) is 3.22. The summed E-state index contributed by atoms with van der Waals surface area (Å²) in [5.74, 6) is -0.820. The van der Waals surface area contributed by atoms with Crippen LogP contribution >= 0.6 is 24.0 Å². The van der Waals surface area contributed by atoms with Gasteiger partial charge in [0.05, 0.1) is 21.1 Å². The molecule has 2 aromatic heterocycles. The van der Waals surface area contributed by atoms with Crippen molar-refractivity contribution in [2.75, 3.05) is 12.4 Å². The second kappa shape index (κ2) is 9.41. The monoisotopic (exact) mass is 498 g/mol. The number of benzene rings is 2. The molecule has 0 bridgehead atoms. The lowest BCUT2D eigenvalue weighted by molar-refractivity contribution is 0.584. The van der Waals surface area contributed by atoms with Crippen LogP contribution in [0, 0.1) is 11.6 Å². The molecule has 0 unspecified atom stereocenters. The van der Waals surface area contributed by atoms with Crippen LogP contribution in [0.15, 0.2) is 65.8 Å². The summed E-state index contributed by atoms with van der Waals surface area (Å²) in [6, 6.07) is 10.2. The minimum absolute atomic E-state index is 0. The maximum atomic E-state index is 13.7. The molecule has 2 heterocycles.